The Hall–Kier alpha value is -0.300. The highest BCUT2D eigenvalue weighted by Crippen LogP contribution is 2.28. The number of allylic oxidation sites excluding steroid dienone is 1. The number of hydrogen-bond donors (Lipinski definition) is 1. The molecule has 0 aromatic rings. The first-order valence-electron chi connectivity index (χ1n) is 6.09. The SMILES string of the molecule is CCNC(C1=CCCC1)C(C)C(C)C. The lowest BCUT2D eigenvalue weighted by Crippen LogP contribution is -2.38. The molecule has 1 heteroatoms. The second kappa shape index (κ2) is 5.55. The molecule has 0 amide bonds. The Bertz CT molecular complexity index is 193. The third-order valence-corrected chi connectivity index (χ3v) is 3.48. The van der Waals surface area contributed by atoms with Gasteiger partial charge in [0.2, 0.25) is 0 Å². The van der Waals surface area contributed by atoms with Gasteiger partial charge in [-0.3, -0.25) is 0 Å². The first-order valence-corrected chi connectivity index (χ1v) is 6.09. The molecule has 2 atom stereocenters. The van der Waals surface area contributed by atoms with Crippen LogP contribution in [-0.2, 0) is 0 Å². The molecule has 1 rings (SSSR count). The zero-order chi connectivity index (χ0) is 10.6. The summed E-state index contributed by atoms with van der Waals surface area (Å²) < 4.78 is 0. The van der Waals surface area contributed by atoms with E-state index in [2.05, 4.69) is 39.1 Å². The Kier molecular flexibility index (Phi) is 4.67. The van der Waals surface area contributed by atoms with E-state index in [1.54, 1.807) is 5.57 Å². The molecule has 1 N–H and O–H groups in total. The van der Waals surface area contributed by atoms with Crippen molar-refractivity contribution in [3.63, 3.8) is 0 Å². The summed E-state index contributed by atoms with van der Waals surface area (Å²) in [6.07, 6.45) is 6.42. The van der Waals surface area contributed by atoms with Gasteiger partial charge in [0.15, 0.2) is 0 Å². The van der Waals surface area contributed by atoms with Gasteiger partial charge < -0.3 is 5.32 Å². The monoisotopic (exact) mass is 195 g/mol. The summed E-state index contributed by atoms with van der Waals surface area (Å²) in [5.41, 5.74) is 1.66. The lowest BCUT2D eigenvalue weighted by molar-refractivity contribution is 0.329. The third kappa shape index (κ3) is 2.84. The standard InChI is InChI=1S/C13H25N/c1-5-14-13(11(4)10(2)3)12-8-6-7-9-12/h8,10-11,13-14H,5-7,9H2,1-4H3. The van der Waals surface area contributed by atoms with Crippen LogP contribution in [-0.4, -0.2) is 12.6 Å². The van der Waals surface area contributed by atoms with Crippen molar-refractivity contribution in [1.82, 2.24) is 5.32 Å². The van der Waals surface area contributed by atoms with Crippen LogP contribution in [0.15, 0.2) is 11.6 Å². The molecule has 0 saturated carbocycles. The molecule has 82 valence electrons. The molecular formula is C13H25N. The van der Waals surface area contributed by atoms with Gasteiger partial charge in [-0.2, -0.15) is 0 Å². The van der Waals surface area contributed by atoms with Crippen molar-refractivity contribution < 1.29 is 0 Å². The minimum absolute atomic E-state index is 0.627. The zero-order valence-corrected chi connectivity index (χ0v) is 10.1. The summed E-state index contributed by atoms with van der Waals surface area (Å²) in [6, 6.07) is 0.627. The van der Waals surface area contributed by atoms with Crippen molar-refractivity contribution in [2.24, 2.45) is 11.8 Å². The largest absolute Gasteiger partial charge is 0.310 e. The Morgan fingerprint density at radius 1 is 1.36 bits per heavy atom. The lowest BCUT2D eigenvalue weighted by atomic mass is 9.85. The summed E-state index contributed by atoms with van der Waals surface area (Å²) in [5.74, 6) is 1.51. The number of hydrogen-bond acceptors (Lipinski definition) is 1. The fraction of sp³-hybridized carbons (Fsp3) is 0.846. The Labute approximate surface area is 89.0 Å². The Morgan fingerprint density at radius 2 is 2.07 bits per heavy atom. The molecule has 1 nitrogen and oxygen atoms in total. The van der Waals surface area contributed by atoms with Crippen LogP contribution in [0, 0.1) is 11.8 Å². The Balaban J connectivity index is 2.62. The maximum absolute atomic E-state index is 3.64. The number of likely N-dealkylation sites (N-methyl/N-ethyl adjacent to an activating group) is 1. The van der Waals surface area contributed by atoms with Crippen LogP contribution in [0.4, 0.5) is 0 Å². The fourth-order valence-electron chi connectivity index (χ4n) is 2.24. The van der Waals surface area contributed by atoms with Crippen LogP contribution < -0.4 is 5.32 Å². The number of nitrogens with one attached hydrogen (secondary N) is 1. The number of rotatable bonds is 5. The quantitative estimate of drug-likeness (QED) is 0.663. The molecule has 0 fully saturated rings. The third-order valence-electron chi connectivity index (χ3n) is 3.48. The smallest absolute Gasteiger partial charge is 0.0307 e. The van der Waals surface area contributed by atoms with Crippen molar-refractivity contribution in [3.05, 3.63) is 11.6 Å². The molecule has 14 heavy (non-hydrogen) atoms. The normalized spacial score (nSPS) is 21.1. The molecule has 0 heterocycles. The molecular weight excluding hydrogens is 170 g/mol. The van der Waals surface area contributed by atoms with Crippen LogP contribution >= 0.6 is 0 Å². The molecule has 0 bridgehead atoms. The maximum atomic E-state index is 3.64. The van der Waals surface area contributed by atoms with E-state index in [1.165, 1.54) is 19.3 Å². The minimum atomic E-state index is 0.627. The van der Waals surface area contributed by atoms with Crippen molar-refractivity contribution in [2.75, 3.05) is 6.54 Å². The summed E-state index contributed by atoms with van der Waals surface area (Å²) >= 11 is 0. The topological polar surface area (TPSA) is 12.0 Å². The van der Waals surface area contributed by atoms with E-state index in [0.717, 1.165) is 18.4 Å². The van der Waals surface area contributed by atoms with Crippen molar-refractivity contribution in [2.45, 2.75) is 53.0 Å². The van der Waals surface area contributed by atoms with Gasteiger partial charge in [0.05, 0.1) is 0 Å². The lowest BCUT2D eigenvalue weighted by Gasteiger charge is -2.29. The molecule has 0 aromatic carbocycles. The van der Waals surface area contributed by atoms with E-state index in [9.17, 15) is 0 Å². The molecule has 0 radical (unpaired) electrons. The summed E-state index contributed by atoms with van der Waals surface area (Å²) in [7, 11) is 0. The highest BCUT2D eigenvalue weighted by molar-refractivity contribution is 5.16. The van der Waals surface area contributed by atoms with Gasteiger partial charge in [-0.1, -0.05) is 39.3 Å². The van der Waals surface area contributed by atoms with Crippen LogP contribution in [0.5, 0.6) is 0 Å². The van der Waals surface area contributed by atoms with Gasteiger partial charge in [0, 0.05) is 6.04 Å². The second-order valence-corrected chi connectivity index (χ2v) is 4.81. The summed E-state index contributed by atoms with van der Waals surface area (Å²) in [4.78, 5) is 0. The van der Waals surface area contributed by atoms with E-state index in [-0.39, 0.29) is 0 Å². The van der Waals surface area contributed by atoms with E-state index >= 15 is 0 Å². The van der Waals surface area contributed by atoms with Crippen LogP contribution in [0.25, 0.3) is 0 Å². The molecule has 2 unspecified atom stereocenters. The predicted octanol–water partition coefficient (Wildman–Crippen LogP) is 3.37. The van der Waals surface area contributed by atoms with Gasteiger partial charge in [0.1, 0.15) is 0 Å². The van der Waals surface area contributed by atoms with E-state index in [4.69, 9.17) is 0 Å². The van der Waals surface area contributed by atoms with Gasteiger partial charge in [0.25, 0.3) is 0 Å². The van der Waals surface area contributed by atoms with E-state index in [1.807, 2.05) is 0 Å². The highest BCUT2D eigenvalue weighted by Gasteiger charge is 2.23. The summed E-state index contributed by atoms with van der Waals surface area (Å²) in [5, 5.41) is 3.64. The maximum Gasteiger partial charge on any atom is 0.0307 e. The molecule has 1 aliphatic rings. The van der Waals surface area contributed by atoms with Crippen LogP contribution in [0.3, 0.4) is 0 Å². The first kappa shape index (κ1) is 11.8. The van der Waals surface area contributed by atoms with E-state index in [0.29, 0.717) is 6.04 Å². The first-order chi connectivity index (χ1) is 6.66. The molecule has 0 spiro atoms. The Morgan fingerprint density at radius 3 is 2.50 bits per heavy atom. The summed E-state index contributed by atoms with van der Waals surface area (Å²) in [6.45, 7) is 10.3. The van der Waals surface area contributed by atoms with Crippen LogP contribution in [0.1, 0.15) is 47.0 Å². The minimum Gasteiger partial charge on any atom is -0.310 e. The van der Waals surface area contributed by atoms with Crippen molar-refractivity contribution >= 4 is 0 Å². The predicted molar refractivity (Wildman–Crippen MR) is 63.4 cm³/mol. The van der Waals surface area contributed by atoms with Crippen molar-refractivity contribution in [3.8, 4) is 0 Å². The van der Waals surface area contributed by atoms with E-state index < -0.39 is 0 Å². The molecule has 0 saturated heterocycles. The molecule has 1 aliphatic carbocycles. The zero-order valence-electron chi connectivity index (χ0n) is 10.1. The second-order valence-electron chi connectivity index (χ2n) is 4.81. The average Bonchev–Trinajstić information content (AvgIpc) is 2.65. The molecule has 0 aromatic heterocycles. The average molecular weight is 195 g/mol. The van der Waals surface area contributed by atoms with Gasteiger partial charge in [-0.05, 0) is 37.6 Å². The van der Waals surface area contributed by atoms with Crippen molar-refractivity contribution in [1.29, 1.82) is 0 Å². The van der Waals surface area contributed by atoms with Gasteiger partial charge in [-0.15, -0.1) is 0 Å². The highest BCUT2D eigenvalue weighted by atomic mass is 14.9. The molecule has 0 aliphatic heterocycles. The fourth-order valence-corrected chi connectivity index (χ4v) is 2.24. The van der Waals surface area contributed by atoms with Crippen LogP contribution in [0.2, 0.25) is 0 Å². The van der Waals surface area contributed by atoms with Gasteiger partial charge >= 0.3 is 0 Å². The van der Waals surface area contributed by atoms with Gasteiger partial charge in [-0.25, -0.2) is 0 Å².